The molecule has 1 heterocycles. The van der Waals surface area contributed by atoms with Gasteiger partial charge in [0.25, 0.3) is 0 Å². The van der Waals surface area contributed by atoms with Gasteiger partial charge in [-0.3, -0.25) is 9.59 Å². The van der Waals surface area contributed by atoms with E-state index >= 15 is 0 Å². The minimum Gasteiger partial charge on any atom is -0.497 e. The van der Waals surface area contributed by atoms with Gasteiger partial charge in [-0.25, -0.2) is 5.43 Å². The Bertz CT molecular complexity index is 758. The van der Waals surface area contributed by atoms with Gasteiger partial charge >= 0.3 is 0 Å². The van der Waals surface area contributed by atoms with E-state index in [-0.39, 0.29) is 18.2 Å². The summed E-state index contributed by atoms with van der Waals surface area (Å²) < 4.78 is 5.07. The van der Waals surface area contributed by atoms with Crippen molar-refractivity contribution >= 4 is 34.5 Å². The number of rotatable bonds is 9. The van der Waals surface area contributed by atoms with E-state index in [0.717, 1.165) is 24.2 Å². The molecule has 9 heteroatoms. The number of hydrogen-bond acceptors (Lipinski definition) is 7. The predicted molar refractivity (Wildman–Crippen MR) is 100 cm³/mol. The molecule has 8 nitrogen and oxygen atoms in total. The largest absolute Gasteiger partial charge is 0.497 e. The van der Waals surface area contributed by atoms with Crippen LogP contribution in [-0.2, 0) is 16.0 Å². The van der Waals surface area contributed by atoms with Crippen LogP contribution < -0.4 is 15.5 Å². The number of ether oxygens (including phenoxy) is 1. The van der Waals surface area contributed by atoms with Gasteiger partial charge in [0.2, 0.25) is 16.9 Å². The molecule has 0 atom stereocenters. The molecule has 2 N–H and O–H groups in total. The summed E-state index contributed by atoms with van der Waals surface area (Å²) >= 11 is 1.18. The predicted octanol–water partition coefficient (Wildman–Crippen LogP) is 2.37. The fourth-order valence-electron chi connectivity index (χ4n) is 1.94. The maximum absolute atomic E-state index is 11.9. The summed E-state index contributed by atoms with van der Waals surface area (Å²) in [6.07, 6.45) is 3.81. The molecule has 0 unspecified atom stereocenters. The van der Waals surface area contributed by atoms with Gasteiger partial charge in [0.1, 0.15) is 10.8 Å². The number of amides is 2. The highest BCUT2D eigenvalue weighted by Crippen LogP contribution is 2.16. The second-order valence-corrected chi connectivity index (χ2v) is 6.46. The van der Waals surface area contributed by atoms with Gasteiger partial charge in [-0.05, 0) is 36.2 Å². The Kier molecular flexibility index (Phi) is 7.69. The summed E-state index contributed by atoms with van der Waals surface area (Å²) in [6, 6.07) is 7.26. The number of benzene rings is 1. The van der Waals surface area contributed by atoms with Crippen LogP contribution in [0.5, 0.6) is 5.75 Å². The van der Waals surface area contributed by atoms with Crippen LogP contribution in [0.2, 0.25) is 0 Å². The van der Waals surface area contributed by atoms with Gasteiger partial charge < -0.3 is 10.1 Å². The van der Waals surface area contributed by atoms with E-state index in [2.05, 4.69) is 26.0 Å². The average Bonchev–Trinajstić information content (AvgIpc) is 3.07. The molecule has 0 spiro atoms. The molecule has 2 amide bonds. The van der Waals surface area contributed by atoms with E-state index in [4.69, 9.17) is 4.74 Å². The van der Waals surface area contributed by atoms with Crippen molar-refractivity contribution in [3.05, 3.63) is 34.8 Å². The van der Waals surface area contributed by atoms with Gasteiger partial charge in [-0.1, -0.05) is 24.7 Å². The van der Waals surface area contributed by atoms with E-state index in [0.29, 0.717) is 16.6 Å². The van der Waals surface area contributed by atoms with Crippen LogP contribution in [-0.4, -0.2) is 35.3 Å². The number of hydrazone groups is 1. The van der Waals surface area contributed by atoms with Crippen molar-refractivity contribution in [2.24, 2.45) is 5.10 Å². The Morgan fingerprint density at radius 2 is 2.00 bits per heavy atom. The number of nitrogens with one attached hydrogen (secondary N) is 2. The number of carbonyl (C=O) groups is 2. The van der Waals surface area contributed by atoms with Gasteiger partial charge in [-0.2, -0.15) is 5.10 Å². The molecule has 138 valence electrons. The minimum absolute atomic E-state index is 0.0441. The smallest absolute Gasteiger partial charge is 0.247 e. The first-order chi connectivity index (χ1) is 12.6. The van der Waals surface area contributed by atoms with Crippen LogP contribution in [0.1, 0.15) is 36.8 Å². The normalized spacial score (nSPS) is 10.7. The second-order valence-electron chi connectivity index (χ2n) is 5.40. The number of aromatic nitrogens is 2. The Labute approximate surface area is 155 Å². The highest BCUT2D eigenvalue weighted by Gasteiger charge is 2.11. The third kappa shape index (κ3) is 6.60. The van der Waals surface area contributed by atoms with Crippen molar-refractivity contribution in [2.45, 2.75) is 32.6 Å². The van der Waals surface area contributed by atoms with Crippen LogP contribution in [0.4, 0.5) is 5.13 Å². The lowest BCUT2D eigenvalue weighted by molar-refractivity contribution is -0.120. The molecule has 0 radical (unpaired) electrons. The summed E-state index contributed by atoms with van der Waals surface area (Å²) in [7, 11) is 1.60. The van der Waals surface area contributed by atoms with E-state index in [9.17, 15) is 9.59 Å². The van der Waals surface area contributed by atoms with Crippen LogP contribution >= 0.6 is 11.3 Å². The Morgan fingerprint density at radius 3 is 2.69 bits per heavy atom. The quantitative estimate of drug-likeness (QED) is 0.517. The summed E-state index contributed by atoms with van der Waals surface area (Å²) in [6.45, 7) is 2.02. The number of anilines is 1. The van der Waals surface area contributed by atoms with E-state index < -0.39 is 0 Å². The first kappa shape index (κ1) is 19.5. The number of methoxy groups -OCH3 is 1. The molecule has 26 heavy (non-hydrogen) atoms. The van der Waals surface area contributed by atoms with Crippen molar-refractivity contribution in [3.63, 3.8) is 0 Å². The molecule has 2 rings (SSSR count). The fourth-order valence-corrected chi connectivity index (χ4v) is 2.69. The molecular formula is C17H21N5O3S. The highest BCUT2D eigenvalue weighted by atomic mass is 32.1. The third-order valence-corrected chi connectivity index (χ3v) is 4.14. The lowest BCUT2D eigenvalue weighted by Crippen LogP contribution is -2.19. The number of hydrogen-bond donors (Lipinski definition) is 2. The van der Waals surface area contributed by atoms with Gasteiger partial charge in [0.05, 0.1) is 19.7 Å². The highest BCUT2D eigenvalue weighted by molar-refractivity contribution is 7.15. The lowest BCUT2D eigenvalue weighted by atomic mass is 10.2. The zero-order valence-electron chi connectivity index (χ0n) is 14.7. The SMILES string of the molecule is CCCCC(=O)Nc1nnc(CC(=O)N/N=C\c2ccc(OC)cc2)s1. The van der Waals surface area contributed by atoms with Crippen molar-refractivity contribution in [3.8, 4) is 5.75 Å². The molecule has 1 aromatic heterocycles. The van der Waals surface area contributed by atoms with Crippen molar-refractivity contribution < 1.29 is 14.3 Å². The summed E-state index contributed by atoms with van der Waals surface area (Å²) in [5.41, 5.74) is 3.27. The molecule has 0 aliphatic carbocycles. The molecular weight excluding hydrogens is 354 g/mol. The molecule has 0 bridgehead atoms. The average molecular weight is 375 g/mol. The first-order valence-electron chi connectivity index (χ1n) is 8.19. The minimum atomic E-state index is -0.310. The summed E-state index contributed by atoms with van der Waals surface area (Å²) in [5.74, 6) is 0.345. The fraction of sp³-hybridized carbons (Fsp3) is 0.353. The van der Waals surface area contributed by atoms with Gasteiger partial charge in [0.15, 0.2) is 0 Å². The maximum Gasteiger partial charge on any atom is 0.247 e. The van der Waals surface area contributed by atoms with Crippen molar-refractivity contribution in [1.29, 1.82) is 0 Å². The van der Waals surface area contributed by atoms with Crippen molar-refractivity contribution in [1.82, 2.24) is 15.6 Å². The number of unbranched alkanes of at least 4 members (excludes halogenated alkanes) is 1. The monoisotopic (exact) mass is 375 g/mol. The number of nitrogens with zero attached hydrogens (tertiary/aromatic N) is 3. The molecule has 0 fully saturated rings. The summed E-state index contributed by atoms with van der Waals surface area (Å²) in [5, 5.41) is 15.3. The first-order valence-corrected chi connectivity index (χ1v) is 9.00. The van der Waals surface area contributed by atoms with Crippen LogP contribution in [0.3, 0.4) is 0 Å². The van der Waals surface area contributed by atoms with Crippen LogP contribution in [0.15, 0.2) is 29.4 Å². The topological polar surface area (TPSA) is 106 Å². The second kappa shape index (κ2) is 10.2. The third-order valence-electron chi connectivity index (χ3n) is 3.30. The Hall–Kier alpha value is -2.81. The molecule has 2 aromatic rings. The summed E-state index contributed by atoms with van der Waals surface area (Å²) in [4.78, 5) is 23.5. The zero-order chi connectivity index (χ0) is 18.8. The van der Waals surface area contributed by atoms with Crippen molar-refractivity contribution in [2.75, 3.05) is 12.4 Å². The standard InChI is InChI=1S/C17H21N5O3S/c1-3-4-5-14(23)19-17-22-21-16(26-17)10-15(24)20-18-11-12-6-8-13(25-2)9-7-12/h6-9,11H,3-5,10H2,1-2H3,(H,20,24)(H,19,22,23)/b18-11-. The maximum atomic E-state index is 11.9. The molecule has 0 aliphatic heterocycles. The van der Waals surface area contributed by atoms with E-state index in [1.54, 1.807) is 19.2 Å². The van der Waals surface area contributed by atoms with Crippen LogP contribution in [0, 0.1) is 0 Å². The number of carbonyl (C=O) groups excluding carboxylic acids is 2. The van der Waals surface area contributed by atoms with Gasteiger partial charge in [-0.15, -0.1) is 10.2 Å². The van der Waals surface area contributed by atoms with E-state index in [1.165, 1.54) is 17.6 Å². The Balaban J connectivity index is 1.78. The zero-order valence-corrected chi connectivity index (χ0v) is 15.5. The molecule has 1 aromatic carbocycles. The Morgan fingerprint density at radius 1 is 1.23 bits per heavy atom. The lowest BCUT2D eigenvalue weighted by Gasteiger charge is -1.99. The van der Waals surface area contributed by atoms with Crippen LogP contribution in [0.25, 0.3) is 0 Å². The molecule has 0 aliphatic rings. The van der Waals surface area contributed by atoms with Gasteiger partial charge in [0, 0.05) is 6.42 Å². The molecule has 0 saturated heterocycles. The molecule has 0 saturated carbocycles. The van der Waals surface area contributed by atoms with E-state index in [1.807, 2.05) is 19.1 Å².